The maximum Gasteiger partial charge on any atom is 0.138 e. The summed E-state index contributed by atoms with van der Waals surface area (Å²) in [7, 11) is 1.65. The fourth-order valence-corrected chi connectivity index (χ4v) is 1.88. The van der Waals surface area contributed by atoms with Gasteiger partial charge in [0.15, 0.2) is 0 Å². The predicted molar refractivity (Wildman–Crippen MR) is 75.1 cm³/mol. The van der Waals surface area contributed by atoms with Crippen molar-refractivity contribution in [2.45, 2.75) is 0 Å². The highest BCUT2D eigenvalue weighted by Gasteiger charge is 1.99. The van der Waals surface area contributed by atoms with Gasteiger partial charge in [-0.3, -0.25) is 0 Å². The van der Waals surface area contributed by atoms with Gasteiger partial charge >= 0.3 is 0 Å². The van der Waals surface area contributed by atoms with Crippen LogP contribution in [-0.2, 0) is 0 Å². The molecule has 19 heavy (non-hydrogen) atoms. The van der Waals surface area contributed by atoms with Crippen molar-refractivity contribution in [3.63, 3.8) is 0 Å². The average Bonchev–Trinajstić information content (AvgIpc) is 2.94. The molecular formula is C16H12N2O. The first-order chi connectivity index (χ1) is 9.36. The second kappa shape index (κ2) is 4.87. The summed E-state index contributed by atoms with van der Waals surface area (Å²) >= 11 is 0. The second-order valence-electron chi connectivity index (χ2n) is 4.08. The van der Waals surface area contributed by atoms with Gasteiger partial charge in [-0.1, -0.05) is 11.8 Å². The largest absolute Gasteiger partial charge is 0.497 e. The fourth-order valence-electron chi connectivity index (χ4n) is 1.88. The molecule has 2 aromatic heterocycles. The molecule has 3 heteroatoms. The SMILES string of the molecule is COc1ccc(C#Cc2ccnc3[nH]ccc23)cc1. The third-order valence-electron chi connectivity index (χ3n) is 2.89. The van der Waals surface area contributed by atoms with Gasteiger partial charge in [-0.05, 0) is 36.4 Å². The molecule has 0 saturated heterocycles. The monoisotopic (exact) mass is 248 g/mol. The first-order valence-electron chi connectivity index (χ1n) is 5.95. The van der Waals surface area contributed by atoms with Crippen molar-refractivity contribution in [1.82, 2.24) is 9.97 Å². The maximum absolute atomic E-state index is 5.12. The standard InChI is InChI=1S/C16H12N2O/c1-19-14-6-3-12(4-7-14)2-5-13-8-10-17-16-15(13)9-11-18-16/h3-4,6-11H,1H3,(H,17,18). The zero-order chi connectivity index (χ0) is 13.1. The first-order valence-corrected chi connectivity index (χ1v) is 5.95. The van der Waals surface area contributed by atoms with E-state index in [1.165, 1.54) is 0 Å². The molecule has 3 nitrogen and oxygen atoms in total. The molecule has 0 atom stereocenters. The van der Waals surface area contributed by atoms with Crippen LogP contribution >= 0.6 is 0 Å². The summed E-state index contributed by atoms with van der Waals surface area (Å²) in [6.07, 6.45) is 3.63. The van der Waals surface area contributed by atoms with Gasteiger partial charge in [0.25, 0.3) is 0 Å². The van der Waals surface area contributed by atoms with E-state index in [1.54, 1.807) is 13.3 Å². The lowest BCUT2D eigenvalue weighted by molar-refractivity contribution is 0.415. The molecule has 3 aromatic rings. The summed E-state index contributed by atoms with van der Waals surface area (Å²) in [6, 6.07) is 11.6. The third-order valence-corrected chi connectivity index (χ3v) is 2.89. The molecule has 92 valence electrons. The van der Waals surface area contributed by atoms with E-state index in [2.05, 4.69) is 21.8 Å². The molecule has 1 N–H and O–H groups in total. The highest BCUT2D eigenvalue weighted by molar-refractivity contribution is 5.82. The van der Waals surface area contributed by atoms with E-state index < -0.39 is 0 Å². The highest BCUT2D eigenvalue weighted by atomic mass is 16.5. The highest BCUT2D eigenvalue weighted by Crippen LogP contribution is 2.14. The number of rotatable bonds is 1. The van der Waals surface area contributed by atoms with Crippen molar-refractivity contribution in [2.24, 2.45) is 0 Å². The average molecular weight is 248 g/mol. The number of hydrogen-bond acceptors (Lipinski definition) is 2. The Morgan fingerprint density at radius 3 is 2.68 bits per heavy atom. The van der Waals surface area contributed by atoms with E-state index in [9.17, 15) is 0 Å². The van der Waals surface area contributed by atoms with Crippen LogP contribution in [0.1, 0.15) is 11.1 Å². The summed E-state index contributed by atoms with van der Waals surface area (Å²) in [4.78, 5) is 7.32. The van der Waals surface area contributed by atoms with Crippen LogP contribution in [0.4, 0.5) is 0 Å². The third kappa shape index (κ3) is 2.29. The van der Waals surface area contributed by atoms with Gasteiger partial charge in [-0.2, -0.15) is 0 Å². The van der Waals surface area contributed by atoms with Gasteiger partial charge in [0.1, 0.15) is 11.4 Å². The van der Waals surface area contributed by atoms with Crippen LogP contribution < -0.4 is 4.74 Å². The van der Waals surface area contributed by atoms with Crippen LogP contribution in [0, 0.1) is 11.8 Å². The number of aromatic nitrogens is 2. The minimum atomic E-state index is 0.836. The smallest absolute Gasteiger partial charge is 0.138 e. The molecule has 0 radical (unpaired) electrons. The Morgan fingerprint density at radius 2 is 1.89 bits per heavy atom. The maximum atomic E-state index is 5.12. The Balaban J connectivity index is 1.96. The van der Waals surface area contributed by atoms with Crippen LogP contribution in [0.15, 0.2) is 48.8 Å². The molecule has 0 amide bonds. The lowest BCUT2D eigenvalue weighted by atomic mass is 10.1. The minimum Gasteiger partial charge on any atom is -0.497 e. The quantitative estimate of drug-likeness (QED) is 0.672. The molecule has 0 aliphatic rings. The summed E-state index contributed by atoms with van der Waals surface area (Å²) in [5.41, 5.74) is 2.80. The van der Waals surface area contributed by atoms with E-state index in [4.69, 9.17) is 4.74 Å². The fraction of sp³-hybridized carbons (Fsp3) is 0.0625. The van der Waals surface area contributed by atoms with Crippen molar-refractivity contribution in [3.8, 4) is 17.6 Å². The number of aromatic amines is 1. The Kier molecular flexibility index (Phi) is 2.91. The molecule has 0 aliphatic carbocycles. The van der Waals surface area contributed by atoms with Gasteiger partial charge < -0.3 is 9.72 Å². The summed E-state index contributed by atoms with van der Waals surface area (Å²) < 4.78 is 5.12. The number of hydrogen-bond donors (Lipinski definition) is 1. The van der Waals surface area contributed by atoms with Crippen molar-refractivity contribution >= 4 is 11.0 Å². The molecule has 0 saturated carbocycles. The van der Waals surface area contributed by atoms with Gasteiger partial charge in [-0.15, -0.1) is 0 Å². The number of nitrogens with zero attached hydrogens (tertiary/aromatic N) is 1. The minimum absolute atomic E-state index is 0.836. The van der Waals surface area contributed by atoms with Crippen LogP contribution in [0.3, 0.4) is 0 Å². The molecule has 0 fully saturated rings. The molecule has 1 aromatic carbocycles. The lowest BCUT2D eigenvalue weighted by Gasteiger charge is -1.97. The van der Waals surface area contributed by atoms with Crippen molar-refractivity contribution < 1.29 is 4.74 Å². The van der Waals surface area contributed by atoms with Crippen molar-refractivity contribution in [2.75, 3.05) is 7.11 Å². The zero-order valence-electron chi connectivity index (χ0n) is 10.5. The Bertz CT molecular complexity index is 761. The molecule has 0 bridgehead atoms. The van der Waals surface area contributed by atoms with E-state index in [-0.39, 0.29) is 0 Å². The molecule has 2 heterocycles. The molecule has 0 unspecified atom stereocenters. The van der Waals surface area contributed by atoms with E-state index in [0.717, 1.165) is 27.9 Å². The van der Waals surface area contributed by atoms with Gasteiger partial charge in [-0.25, -0.2) is 4.98 Å². The number of fused-ring (bicyclic) bond motifs is 1. The van der Waals surface area contributed by atoms with Crippen LogP contribution in [0.2, 0.25) is 0 Å². The first kappa shape index (κ1) is 11.4. The van der Waals surface area contributed by atoms with Crippen LogP contribution in [-0.4, -0.2) is 17.1 Å². The Labute approximate surface area is 111 Å². The number of H-pyrrole nitrogens is 1. The Hall–Kier alpha value is -2.73. The van der Waals surface area contributed by atoms with Crippen LogP contribution in [0.25, 0.3) is 11.0 Å². The number of ether oxygens (including phenoxy) is 1. The molecule has 0 spiro atoms. The predicted octanol–water partition coefficient (Wildman–Crippen LogP) is 2.97. The summed E-state index contributed by atoms with van der Waals surface area (Å²) in [5, 5.41) is 1.04. The molecule has 3 rings (SSSR count). The number of benzene rings is 1. The lowest BCUT2D eigenvalue weighted by Crippen LogP contribution is -1.83. The molecular weight excluding hydrogens is 236 g/mol. The van der Waals surface area contributed by atoms with E-state index in [1.807, 2.05) is 42.6 Å². The van der Waals surface area contributed by atoms with E-state index in [0.29, 0.717) is 0 Å². The van der Waals surface area contributed by atoms with Gasteiger partial charge in [0.2, 0.25) is 0 Å². The van der Waals surface area contributed by atoms with E-state index >= 15 is 0 Å². The van der Waals surface area contributed by atoms with Crippen LogP contribution in [0.5, 0.6) is 5.75 Å². The van der Waals surface area contributed by atoms with Gasteiger partial charge in [0, 0.05) is 28.9 Å². The molecule has 0 aliphatic heterocycles. The van der Waals surface area contributed by atoms with Crippen molar-refractivity contribution in [3.05, 3.63) is 59.9 Å². The topological polar surface area (TPSA) is 37.9 Å². The second-order valence-corrected chi connectivity index (χ2v) is 4.08. The zero-order valence-corrected chi connectivity index (χ0v) is 10.5. The Morgan fingerprint density at radius 1 is 1.05 bits per heavy atom. The summed E-state index contributed by atoms with van der Waals surface area (Å²) in [5.74, 6) is 7.16. The summed E-state index contributed by atoms with van der Waals surface area (Å²) in [6.45, 7) is 0. The normalized spacial score (nSPS) is 9.95. The number of pyridine rings is 1. The number of nitrogens with one attached hydrogen (secondary N) is 1. The van der Waals surface area contributed by atoms with Gasteiger partial charge in [0.05, 0.1) is 7.11 Å². The number of methoxy groups -OCH3 is 1. The van der Waals surface area contributed by atoms with Crippen molar-refractivity contribution in [1.29, 1.82) is 0 Å².